The van der Waals surface area contributed by atoms with Crippen LogP contribution in [0.5, 0.6) is 0 Å². The van der Waals surface area contributed by atoms with Crippen molar-refractivity contribution in [3.05, 3.63) is 46.2 Å². The number of amides is 1. The molecule has 0 saturated carbocycles. The summed E-state index contributed by atoms with van der Waals surface area (Å²) in [5.74, 6) is -0.00352. The van der Waals surface area contributed by atoms with Crippen molar-refractivity contribution in [3.63, 3.8) is 0 Å². The molecule has 1 aromatic heterocycles. The van der Waals surface area contributed by atoms with Gasteiger partial charge in [-0.25, -0.2) is 0 Å². The Hall–Kier alpha value is -2.01. The molecular formula is C15H17N3OS. The quantitative estimate of drug-likeness (QED) is 0.834. The molecule has 0 aliphatic carbocycles. The maximum atomic E-state index is 12.7. The highest BCUT2D eigenvalue weighted by molar-refractivity contribution is 7.08. The molecule has 5 heteroatoms. The number of benzene rings is 1. The van der Waals surface area contributed by atoms with Crippen LogP contribution in [0.25, 0.3) is 0 Å². The fourth-order valence-electron chi connectivity index (χ4n) is 2.75. The van der Waals surface area contributed by atoms with Gasteiger partial charge in [-0.15, -0.1) is 0 Å². The summed E-state index contributed by atoms with van der Waals surface area (Å²) in [4.78, 5) is 14.6. The van der Waals surface area contributed by atoms with Crippen LogP contribution in [0.1, 0.15) is 34.8 Å². The first-order chi connectivity index (χ1) is 9.66. The number of rotatable bonds is 2. The van der Waals surface area contributed by atoms with Gasteiger partial charge in [0.15, 0.2) is 0 Å². The van der Waals surface area contributed by atoms with Gasteiger partial charge >= 0.3 is 0 Å². The van der Waals surface area contributed by atoms with E-state index in [2.05, 4.69) is 11.4 Å². The second-order valence-electron chi connectivity index (χ2n) is 5.06. The third kappa shape index (κ3) is 2.25. The number of hydrogen-bond acceptors (Lipinski definition) is 4. The number of nitrogens with zero attached hydrogens (tertiary/aromatic N) is 1. The van der Waals surface area contributed by atoms with Gasteiger partial charge in [-0.3, -0.25) is 4.79 Å². The molecule has 3 rings (SSSR count). The second-order valence-corrected chi connectivity index (χ2v) is 5.84. The molecular weight excluding hydrogens is 270 g/mol. The van der Waals surface area contributed by atoms with E-state index in [1.54, 1.807) is 29.5 Å². The fraction of sp³-hybridized carbons (Fsp3) is 0.267. The summed E-state index contributed by atoms with van der Waals surface area (Å²) in [5.41, 5.74) is 14.4. The van der Waals surface area contributed by atoms with Crippen molar-refractivity contribution in [1.29, 1.82) is 0 Å². The van der Waals surface area contributed by atoms with E-state index in [0.29, 0.717) is 16.9 Å². The van der Waals surface area contributed by atoms with Crippen LogP contribution in [0, 0.1) is 0 Å². The van der Waals surface area contributed by atoms with Crippen molar-refractivity contribution in [2.45, 2.75) is 18.9 Å². The Morgan fingerprint density at radius 2 is 2.15 bits per heavy atom. The van der Waals surface area contributed by atoms with E-state index >= 15 is 0 Å². The maximum Gasteiger partial charge on any atom is 0.256 e. The number of thiophene rings is 1. The SMILES string of the molecule is Nc1ccc(C(=O)N2CCCC2c2ccsc2)c(N)c1. The van der Waals surface area contributed by atoms with Gasteiger partial charge in [0.2, 0.25) is 0 Å². The van der Waals surface area contributed by atoms with Gasteiger partial charge in [0.05, 0.1) is 11.6 Å². The van der Waals surface area contributed by atoms with Crippen molar-refractivity contribution in [3.8, 4) is 0 Å². The van der Waals surface area contributed by atoms with Gasteiger partial charge in [0, 0.05) is 17.9 Å². The van der Waals surface area contributed by atoms with E-state index in [0.717, 1.165) is 19.4 Å². The van der Waals surface area contributed by atoms with E-state index in [4.69, 9.17) is 11.5 Å². The highest BCUT2D eigenvalue weighted by Gasteiger charge is 2.31. The first kappa shape index (κ1) is 13.0. The molecule has 1 aliphatic rings. The minimum Gasteiger partial charge on any atom is -0.399 e. The average molecular weight is 287 g/mol. The van der Waals surface area contributed by atoms with Crippen molar-refractivity contribution >= 4 is 28.6 Å². The van der Waals surface area contributed by atoms with Gasteiger partial charge in [-0.1, -0.05) is 0 Å². The topological polar surface area (TPSA) is 72.4 Å². The molecule has 1 amide bonds. The number of likely N-dealkylation sites (tertiary alicyclic amines) is 1. The highest BCUT2D eigenvalue weighted by Crippen LogP contribution is 2.34. The van der Waals surface area contributed by atoms with E-state index in [9.17, 15) is 4.79 Å². The van der Waals surface area contributed by atoms with Crippen LogP contribution in [0.4, 0.5) is 11.4 Å². The molecule has 0 radical (unpaired) electrons. The summed E-state index contributed by atoms with van der Waals surface area (Å²) in [6.07, 6.45) is 2.04. The molecule has 1 atom stereocenters. The first-order valence-electron chi connectivity index (χ1n) is 6.65. The third-order valence-corrected chi connectivity index (χ3v) is 4.45. The Morgan fingerprint density at radius 3 is 2.85 bits per heavy atom. The van der Waals surface area contributed by atoms with Gasteiger partial charge in [-0.05, 0) is 53.4 Å². The summed E-state index contributed by atoms with van der Waals surface area (Å²) in [6, 6.07) is 7.34. The monoisotopic (exact) mass is 287 g/mol. The lowest BCUT2D eigenvalue weighted by Crippen LogP contribution is -2.31. The lowest BCUT2D eigenvalue weighted by atomic mass is 10.1. The maximum absolute atomic E-state index is 12.7. The van der Waals surface area contributed by atoms with Crippen LogP contribution in [0.15, 0.2) is 35.0 Å². The lowest BCUT2D eigenvalue weighted by molar-refractivity contribution is 0.0737. The van der Waals surface area contributed by atoms with Crippen molar-refractivity contribution in [2.75, 3.05) is 18.0 Å². The van der Waals surface area contributed by atoms with Crippen LogP contribution in [0.2, 0.25) is 0 Å². The van der Waals surface area contributed by atoms with Gasteiger partial charge < -0.3 is 16.4 Å². The Kier molecular flexibility index (Phi) is 3.36. The van der Waals surface area contributed by atoms with Crippen molar-refractivity contribution in [2.24, 2.45) is 0 Å². The van der Waals surface area contributed by atoms with E-state index < -0.39 is 0 Å². The molecule has 1 aliphatic heterocycles. The Labute approximate surface area is 122 Å². The molecule has 1 unspecified atom stereocenters. The zero-order chi connectivity index (χ0) is 14.1. The molecule has 0 bridgehead atoms. The van der Waals surface area contributed by atoms with Gasteiger partial charge in [0.1, 0.15) is 0 Å². The number of anilines is 2. The van der Waals surface area contributed by atoms with E-state index in [1.807, 2.05) is 10.3 Å². The minimum atomic E-state index is -0.00352. The van der Waals surface area contributed by atoms with Crippen molar-refractivity contribution in [1.82, 2.24) is 4.90 Å². The first-order valence-corrected chi connectivity index (χ1v) is 7.59. The van der Waals surface area contributed by atoms with Gasteiger partial charge in [0.25, 0.3) is 5.91 Å². The van der Waals surface area contributed by atoms with Gasteiger partial charge in [-0.2, -0.15) is 11.3 Å². The molecule has 2 heterocycles. The summed E-state index contributed by atoms with van der Waals surface area (Å²) < 4.78 is 0. The summed E-state index contributed by atoms with van der Waals surface area (Å²) in [5, 5.41) is 4.16. The number of carbonyl (C=O) groups excluding carboxylic acids is 1. The molecule has 2 aromatic rings. The number of nitrogen functional groups attached to an aromatic ring is 2. The Balaban J connectivity index is 1.89. The highest BCUT2D eigenvalue weighted by atomic mass is 32.1. The standard InChI is InChI=1S/C15H17N3OS/c16-11-3-4-12(13(17)8-11)15(19)18-6-1-2-14(18)10-5-7-20-9-10/h3-5,7-9,14H,1-2,6,16-17H2. The van der Waals surface area contributed by atoms with Crippen LogP contribution >= 0.6 is 11.3 Å². The molecule has 4 nitrogen and oxygen atoms in total. The normalized spacial score (nSPS) is 18.4. The summed E-state index contributed by atoms with van der Waals surface area (Å²) >= 11 is 1.66. The van der Waals surface area contributed by atoms with E-state index in [1.165, 1.54) is 5.56 Å². The zero-order valence-corrected chi connectivity index (χ0v) is 11.9. The second kappa shape index (κ2) is 5.17. The van der Waals surface area contributed by atoms with Crippen LogP contribution in [0.3, 0.4) is 0 Å². The molecule has 20 heavy (non-hydrogen) atoms. The van der Waals surface area contributed by atoms with E-state index in [-0.39, 0.29) is 11.9 Å². The van der Waals surface area contributed by atoms with Crippen molar-refractivity contribution < 1.29 is 4.79 Å². The summed E-state index contributed by atoms with van der Waals surface area (Å²) in [6.45, 7) is 0.781. The predicted molar refractivity (Wildman–Crippen MR) is 82.6 cm³/mol. The smallest absolute Gasteiger partial charge is 0.256 e. The largest absolute Gasteiger partial charge is 0.399 e. The van der Waals surface area contributed by atoms with Crippen LogP contribution < -0.4 is 11.5 Å². The predicted octanol–water partition coefficient (Wildman–Crippen LogP) is 2.89. The summed E-state index contributed by atoms with van der Waals surface area (Å²) in [7, 11) is 0. The third-order valence-electron chi connectivity index (χ3n) is 3.75. The number of nitrogens with two attached hydrogens (primary N) is 2. The molecule has 1 fully saturated rings. The Morgan fingerprint density at radius 1 is 1.30 bits per heavy atom. The zero-order valence-electron chi connectivity index (χ0n) is 11.1. The Bertz CT molecular complexity index is 624. The molecule has 1 saturated heterocycles. The molecule has 0 spiro atoms. The molecule has 4 N–H and O–H groups in total. The molecule has 1 aromatic carbocycles. The number of hydrogen-bond donors (Lipinski definition) is 2. The van der Waals surface area contributed by atoms with Crippen LogP contribution in [-0.4, -0.2) is 17.4 Å². The number of carbonyl (C=O) groups is 1. The fourth-order valence-corrected chi connectivity index (χ4v) is 3.46. The minimum absolute atomic E-state index is 0.00352. The molecule has 104 valence electrons. The average Bonchev–Trinajstić information content (AvgIpc) is 3.09. The van der Waals surface area contributed by atoms with Crippen LogP contribution in [-0.2, 0) is 0 Å². The lowest BCUT2D eigenvalue weighted by Gasteiger charge is -2.25.